The predicted octanol–water partition coefficient (Wildman–Crippen LogP) is 2.19. The second kappa shape index (κ2) is 7.32. The molecule has 2 fully saturated rings. The number of rotatable bonds is 4. The van der Waals surface area contributed by atoms with Gasteiger partial charge in [-0.2, -0.15) is 0 Å². The fourth-order valence-electron chi connectivity index (χ4n) is 2.92. The molecule has 0 aromatic heterocycles. The molecule has 23 heavy (non-hydrogen) atoms. The molecule has 3 rings (SSSR count). The summed E-state index contributed by atoms with van der Waals surface area (Å²) < 4.78 is 5.34. The minimum atomic E-state index is -0.0255. The Morgan fingerprint density at radius 2 is 1.87 bits per heavy atom. The van der Waals surface area contributed by atoms with E-state index in [4.69, 9.17) is 16.3 Å². The van der Waals surface area contributed by atoms with E-state index in [9.17, 15) is 9.59 Å². The van der Waals surface area contributed by atoms with Crippen LogP contribution < -0.4 is 0 Å². The first kappa shape index (κ1) is 16.3. The van der Waals surface area contributed by atoms with Crippen molar-refractivity contribution >= 4 is 23.4 Å². The molecule has 1 unspecified atom stereocenters. The maximum atomic E-state index is 12.4. The molecule has 2 aliphatic rings. The highest BCUT2D eigenvalue weighted by Crippen LogP contribution is 2.18. The highest BCUT2D eigenvalue weighted by Gasteiger charge is 2.26. The number of ether oxygens (including phenoxy) is 1. The van der Waals surface area contributed by atoms with Crippen molar-refractivity contribution < 1.29 is 14.3 Å². The fourth-order valence-corrected chi connectivity index (χ4v) is 3.11. The van der Waals surface area contributed by atoms with Crippen LogP contribution in [0.25, 0.3) is 0 Å². The van der Waals surface area contributed by atoms with Crippen LogP contribution >= 0.6 is 11.6 Å². The standard InChI is InChI=1S/C17H21ClN2O3/c18-14-3-1-2-13(12-14)17(22)20-9-7-19(8-10-20)16(21)5-4-15-6-11-23-15/h1-3,12,15H,4-11H2. The molecule has 2 heterocycles. The van der Waals surface area contributed by atoms with Crippen molar-refractivity contribution in [1.29, 1.82) is 0 Å². The van der Waals surface area contributed by atoms with Gasteiger partial charge in [-0.15, -0.1) is 0 Å². The van der Waals surface area contributed by atoms with Crippen LogP contribution in [0.2, 0.25) is 5.02 Å². The average molecular weight is 337 g/mol. The maximum absolute atomic E-state index is 12.4. The Bertz CT molecular complexity index is 581. The Morgan fingerprint density at radius 1 is 1.17 bits per heavy atom. The van der Waals surface area contributed by atoms with Gasteiger partial charge in [-0.1, -0.05) is 17.7 Å². The van der Waals surface area contributed by atoms with Crippen LogP contribution in [0.1, 0.15) is 29.6 Å². The summed E-state index contributed by atoms with van der Waals surface area (Å²) >= 11 is 5.94. The Labute approximate surface area is 141 Å². The molecular formula is C17H21ClN2O3. The van der Waals surface area contributed by atoms with Crippen molar-refractivity contribution in [3.63, 3.8) is 0 Å². The van der Waals surface area contributed by atoms with E-state index in [0.29, 0.717) is 43.2 Å². The maximum Gasteiger partial charge on any atom is 0.254 e. The SMILES string of the molecule is O=C(CCC1CCO1)N1CCN(C(=O)c2cccc(Cl)c2)CC1. The molecule has 0 aliphatic carbocycles. The van der Waals surface area contributed by atoms with Crippen molar-refractivity contribution in [1.82, 2.24) is 9.80 Å². The van der Waals surface area contributed by atoms with Gasteiger partial charge in [0, 0.05) is 49.8 Å². The summed E-state index contributed by atoms with van der Waals surface area (Å²) in [4.78, 5) is 28.3. The molecule has 0 spiro atoms. The zero-order chi connectivity index (χ0) is 16.2. The van der Waals surface area contributed by atoms with Crippen molar-refractivity contribution in [3.8, 4) is 0 Å². The molecule has 1 atom stereocenters. The molecule has 1 aromatic rings. The van der Waals surface area contributed by atoms with Gasteiger partial charge in [-0.25, -0.2) is 0 Å². The quantitative estimate of drug-likeness (QED) is 0.847. The van der Waals surface area contributed by atoms with Gasteiger partial charge >= 0.3 is 0 Å². The van der Waals surface area contributed by atoms with Gasteiger partial charge in [0.1, 0.15) is 0 Å². The normalized spacial score (nSPS) is 21.0. The number of hydrogen-bond acceptors (Lipinski definition) is 3. The molecule has 124 valence electrons. The minimum absolute atomic E-state index is 0.0255. The topological polar surface area (TPSA) is 49.9 Å². The second-order valence-electron chi connectivity index (χ2n) is 6.00. The van der Waals surface area contributed by atoms with Gasteiger partial charge in [0.15, 0.2) is 0 Å². The zero-order valence-corrected chi connectivity index (χ0v) is 13.8. The minimum Gasteiger partial charge on any atom is -0.378 e. The fraction of sp³-hybridized carbons (Fsp3) is 0.529. The lowest BCUT2D eigenvalue weighted by Crippen LogP contribution is -2.50. The summed E-state index contributed by atoms with van der Waals surface area (Å²) in [7, 11) is 0. The van der Waals surface area contributed by atoms with E-state index < -0.39 is 0 Å². The summed E-state index contributed by atoms with van der Waals surface area (Å²) in [5.74, 6) is 0.137. The Morgan fingerprint density at radius 3 is 2.48 bits per heavy atom. The van der Waals surface area contributed by atoms with Crippen molar-refractivity contribution in [3.05, 3.63) is 34.9 Å². The molecule has 6 heteroatoms. The van der Waals surface area contributed by atoms with Gasteiger partial charge in [-0.3, -0.25) is 9.59 Å². The van der Waals surface area contributed by atoms with E-state index in [0.717, 1.165) is 19.4 Å². The Hall–Kier alpha value is -1.59. The molecule has 0 radical (unpaired) electrons. The predicted molar refractivity (Wildman–Crippen MR) is 87.5 cm³/mol. The third-order valence-electron chi connectivity index (χ3n) is 4.46. The van der Waals surface area contributed by atoms with Gasteiger partial charge in [0.2, 0.25) is 5.91 Å². The number of amides is 2. The lowest BCUT2D eigenvalue weighted by Gasteiger charge is -2.35. The number of carbonyl (C=O) groups is 2. The van der Waals surface area contributed by atoms with E-state index in [1.165, 1.54) is 0 Å². The van der Waals surface area contributed by atoms with Gasteiger partial charge in [0.05, 0.1) is 6.10 Å². The second-order valence-corrected chi connectivity index (χ2v) is 6.44. The van der Waals surface area contributed by atoms with Crippen LogP contribution in [0.5, 0.6) is 0 Å². The summed E-state index contributed by atoms with van der Waals surface area (Å²) in [5, 5.41) is 0.558. The molecule has 1 aromatic carbocycles. The average Bonchev–Trinajstić information content (AvgIpc) is 2.53. The number of hydrogen-bond donors (Lipinski definition) is 0. The third-order valence-corrected chi connectivity index (χ3v) is 4.70. The van der Waals surface area contributed by atoms with Gasteiger partial charge in [0.25, 0.3) is 5.91 Å². The summed E-state index contributed by atoms with van der Waals surface area (Å²) in [6, 6.07) is 6.98. The van der Waals surface area contributed by atoms with E-state index in [2.05, 4.69) is 0 Å². The molecule has 0 bridgehead atoms. The number of piperazine rings is 1. The highest BCUT2D eigenvalue weighted by atomic mass is 35.5. The van der Waals surface area contributed by atoms with E-state index in [1.807, 2.05) is 4.90 Å². The number of halogens is 1. The van der Waals surface area contributed by atoms with Crippen molar-refractivity contribution in [2.45, 2.75) is 25.4 Å². The number of nitrogens with zero attached hydrogens (tertiary/aromatic N) is 2. The van der Waals surface area contributed by atoms with E-state index >= 15 is 0 Å². The van der Waals surface area contributed by atoms with Crippen molar-refractivity contribution in [2.75, 3.05) is 32.8 Å². The summed E-state index contributed by atoms with van der Waals surface area (Å²) in [6.07, 6.45) is 2.67. The third kappa shape index (κ3) is 4.03. The molecule has 0 saturated carbocycles. The monoisotopic (exact) mass is 336 g/mol. The van der Waals surface area contributed by atoms with E-state index in [-0.39, 0.29) is 17.9 Å². The molecule has 0 N–H and O–H groups in total. The van der Waals surface area contributed by atoms with Crippen molar-refractivity contribution in [2.24, 2.45) is 0 Å². The summed E-state index contributed by atoms with van der Waals surface area (Å²) in [6.45, 7) is 3.14. The molecule has 5 nitrogen and oxygen atoms in total. The van der Waals surface area contributed by atoms with Gasteiger partial charge < -0.3 is 14.5 Å². The zero-order valence-electron chi connectivity index (χ0n) is 13.0. The molecule has 2 amide bonds. The van der Waals surface area contributed by atoms with E-state index in [1.54, 1.807) is 29.2 Å². The van der Waals surface area contributed by atoms with Crippen LogP contribution in [0.4, 0.5) is 0 Å². The van der Waals surface area contributed by atoms with Crippen LogP contribution in [-0.4, -0.2) is 60.5 Å². The van der Waals surface area contributed by atoms with Crippen LogP contribution in [0, 0.1) is 0 Å². The first-order valence-corrected chi connectivity index (χ1v) is 8.45. The van der Waals surface area contributed by atoms with Crippen LogP contribution in [0.15, 0.2) is 24.3 Å². The lowest BCUT2D eigenvalue weighted by molar-refractivity contribution is -0.134. The first-order chi connectivity index (χ1) is 11.1. The summed E-state index contributed by atoms with van der Waals surface area (Å²) in [5.41, 5.74) is 0.597. The number of benzene rings is 1. The number of carbonyl (C=O) groups excluding carboxylic acids is 2. The molecular weight excluding hydrogens is 316 g/mol. The Balaban J connectivity index is 1.47. The largest absolute Gasteiger partial charge is 0.378 e. The smallest absolute Gasteiger partial charge is 0.254 e. The Kier molecular flexibility index (Phi) is 5.18. The molecule has 2 aliphatic heterocycles. The first-order valence-electron chi connectivity index (χ1n) is 8.08. The lowest BCUT2D eigenvalue weighted by atomic mass is 10.1. The van der Waals surface area contributed by atoms with Gasteiger partial charge in [-0.05, 0) is 31.0 Å². The van der Waals surface area contributed by atoms with Crippen LogP contribution in [0.3, 0.4) is 0 Å². The van der Waals surface area contributed by atoms with Crippen LogP contribution in [-0.2, 0) is 9.53 Å². The molecule has 2 saturated heterocycles. The highest BCUT2D eigenvalue weighted by molar-refractivity contribution is 6.30.